The van der Waals surface area contributed by atoms with Gasteiger partial charge in [-0.15, -0.1) is 6.58 Å². The first-order valence-electron chi connectivity index (χ1n) is 24.2. The van der Waals surface area contributed by atoms with Crippen molar-refractivity contribution in [2.24, 2.45) is 22.9 Å². The summed E-state index contributed by atoms with van der Waals surface area (Å²) >= 11 is 0. The minimum Gasteiger partial charge on any atom is -0.459 e. The van der Waals surface area contributed by atoms with E-state index >= 15 is 4.79 Å². The molecule has 0 unspecified atom stereocenters. The van der Waals surface area contributed by atoms with Crippen molar-refractivity contribution in [3.63, 3.8) is 0 Å². The standard InChI is InChI=1S/C54H54FN5O14/c1-2-28-70-54-50(57(33-35-12-16-38(55)17-13-35)53(63)73-42-22-20-40(21-23-42)59(66)67)32-48(56-71-34-36-14-18-39(19-15-36)58(64)65)46-29-37(8-3-5-26-61)45(11-4-6-27-62)51(52(46)54)47-31-44(24-25-49(47)74-54)72-43-10-7-9-41(30-43)60(68)69/h2,7,9-10,12-25,29-31,37,45,50-52,61-62H,1,3-6,8,11,26-28,32-34H2/t37-,45+,50-,51+,52+,54+/m0/s1. The van der Waals surface area contributed by atoms with Crippen molar-refractivity contribution in [3.8, 4) is 23.0 Å². The van der Waals surface area contributed by atoms with Crippen LogP contribution in [0.4, 0.5) is 26.2 Å². The van der Waals surface area contributed by atoms with Crippen molar-refractivity contribution in [1.82, 2.24) is 4.90 Å². The molecule has 5 aromatic rings. The minimum atomic E-state index is -1.79. The lowest BCUT2D eigenvalue weighted by molar-refractivity contribution is -0.385. The van der Waals surface area contributed by atoms with E-state index < -0.39 is 50.3 Å². The highest BCUT2D eigenvalue weighted by atomic mass is 19.1. The van der Waals surface area contributed by atoms with Gasteiger partial charge in [0, 0.05) is 68.0 Å². The first-order valence-corrected chi connectivity index (χ1v) is 24.2. The van der Waals surface area contributed by atoms with Gasteiger partial charge in [0.15, 0.2) is 0 Å². The van der Waals surface area contributed by atoms with Gasteiger partial charge in [-0.1, -0.05) is 48.3 Å². The van der Waals surface area contributed by atoms with Crippen LogP contribution in [0, 0.1) is 53.9 Å². The summed E-state index contributed by atoms with van der Waals surface area (Å²) in [4.78, 5) is 55.8. The van der Waals surface area contributed by atoms with Crippen molar-refractivity contribution in [2.75, 3.05) is 19.8 Å². The number of aliphatic hydroxyl groups is 2. The summed E-state index contributed by atoms with van der Waals surface area (Å²) in [5.41, 5.74) is 2.32. The normalized spacial score (nSPS) is 21.0. The molecule has 8 rings (SSSR count). The largest absolute Gasteiger partial charge is 0.459 e. The zero-order chi connectivity index (χ0) is 52.4. The van der Waals surface area contributed by atoms with Crippen molar-refractivity contribution in [1.29, 1.82) is 0 Å². The number of amides is 1. The van der Waals surface area contributed by atoms with E-state index in [1.807, 2.05) is 6.07 Å². The number of unbranched alkanes of at least 4 members (excludes halogenated alkanes) is 2. The average Bonchev–Trinajstić information content (AvgIpc) is 3.44. The molecule has 1 aliphatic heterocycles. The van der Waals surface area contributed by atoms with Crippen LogP contribution in [0.5, 0.6) is 23.0 Å². The quantitative estimate of drug-likeness (QED) is 0.0267. The number of fused-ring (bicyclic) bond motifs is 2. The van der Waals surface area contributed by atoms with Crippen molar-refractivity contribution in [3.05, 3.63) is 192 Å². The number of carbonyl (C=O) groups is 1. The van der Waals surface area contributed by atoms with Gasteiger partial charge in [-0.3, -0.25) is 35.2 Å². The van der Waals surface area contributed by atoms with Gasteiger partial charge in [0.1, 0.15) is 41.5 Å². The van der Waals surface area contributed by atoms with E-state index in [2.05, 4.69) is 12.7 Å². The lowest BCUT2D eigenvalue weighted by atomic mass is 9.55. The molecule has 386 valence electrons. The first kappa shape index (κ1) is 52.3. The van der Waals surface area contributed by atoms with Gasteiger partial charge in [0.25, 0.3) is 17.1 Å². The highest BCUT2D eigenvalue weighted by Gasteiger charge is 2.66. The number of nitrogens with zero attached hydrogens (tertiary/aromatic N) is 5. The fourth-order valence-electron chi connectivity index (χ4n) is 10.3. The third-order valence-corrected chi connectivity index (χ3v) is 13.6. The van der Waals surface area contributed by atoms with E-state index in [1.165, 1.54) is 83.8 Å². The summed E-state index contributed by atoms with van der Waals surface area (Å²) in [6.07, 6.45) is 6.20. The first-order chi connectivity index (χ1) is 35.8. The molecule has 2 N–H and O–H groups in total. The number of nitro groups is 3. The lowest BCUT2D eigenvalue weighted by Crippen LogP contribution is -2.70. The molecule has 0 saturated heterocycles. The SMILES string of the molecule is C=CCO[C@@]12Oc3ccc(Oc4cccc([N+](=O)[O-])c4)cc3[C@H]3[C@H](CCCCO)[C@@H](CCCCO)C=C(C(=NOCc4ccc([N+](=O)[O-])cc4)C[C@@H]1N(Cc1ccc(F)cc1)C(=O)Oc1ccc([N+](=O)[O-])cc1)[C@H]32. The molecule has 3 aliphatic rings. The lowest BCUT2D eigenvalue weighted by Gasteiger charge is -2.59. The molecule has 2 aliphatic carbocycles. The molecule has 0 spiro atoms. The molecule has 5 aromatic carbocycles. The molecule has 0 bridgehead atoms. The monoisotopic (exact) mass is 1020 g/mol. The molecule has 19 nitrogen and oxygen atoms in total. The zero-order valence-electron chi connectivity index (χ0n) is 40.1. The predicted molar refractivity (Wildman–Crippen MR) is 267 cm³/mol. The Balaban J connectivity index is 1.34. The summed E-state index contributed by atoms with van der Waals surface area (Å²) in [6, 6.07) is 26.2. The van der Waals surface area contributed by atoms with E-state index in [4.69, 9.17) is 28.9 Å². The molecular weight excluding hydrogens is 962 g/mol. The van der Waals surface area contributed by atoms with Crippen LogP contribution in [0.15, 0.2) is 145 Å². The van der Waals surface area contributed by atoms with Gasteiger partial charge in [0.2, 0.25) is 5.79 Å². The summed E-state index contributed by atoms with van der Waals surface area (Å²) in [5.74, 6) is -3.13. The summed E-state index contributed by atoms with van der Waals surface area (Å²) < 4.78 is 41.2. The van der Waals surface area contributed by atoms with Crippen LogP contribution in [0.25, 0.3) is 0 Å². The number of aliphatic hydroxyl groups excluding tert-OH is 2. The van der Waals surface area contributed by atoms with Gasteiger partial charge in [-0.05, 0) is 115 Å². The van der Waals surface area contributed by atoms with E-state index in [1.54, 1.807) is 36.4 Å². The number of hydrogen-bond donors (Lipinski definition) is 2. The van der Waals surface area contributed by atoms with Crippen LogP contribution in [0.3, 0.4) is 0 Å². The maximum atomic E-state index is 15.1. The molecule has 0 radical (unpaired) electrons. The van der Waals surface area contributed by atoms with Gasteiger partial charge >= 0.3 is 6.09 Å². The molecule has 1 saturated carbocycles. The number of carbonyl (C=O) groups excluding carboxylic acids is 1. The maximum Gasteiger partial charge on any atom is 0.416 e. The average molecular weight is 1020 g/mol. The van der Waals surface area contributed by atoms with E-state index in [0.29, 0.717) is 78.0 Å². The van der Waals surface area contributed by atoms with Gasteiger partial charge in [-0.2, -0.15) is 0 Å². The highest BCUT2D eigenvalue weighted by molar-refractivity contribution is 6.03. The fraction of sp³-hybridized carbons (Fsp3) is 0.333. The van der Waals surface area contributed by atoms with Crippen molar-refractivity contribution >= 4 is 28.9 Å². The third-order valence-electron chi connectivity index (χ3n) is 13.6. The Hall–Kier alpha value is -8.07. The van der Waals surface area contributed by atoms with Crippen LogP contribution in [0.2, 0.25) is 0 Å². The number of oxime groups is 1. The smallest absolute Gasteiger partial charge is 0.416 e. The van der Waals surface area contributed by atoms with Gasteiger partial charge in [-0.25, -0.2) is 9.18 Å². The van der Waals surface area contributed by atoms with Crippen molar-refractivity contribution in [2.45, 2.75) is 75.8 Å². The molecule has 6 atom stereocenters. The fourth-order valence-corrected chi connectivity index (χ4v) is 10.3. The minimum absolute atomic E-state index is 0.0149. The second-order valence-electron chi connectivity index (χ2n) is 18.2. The van der Waals surface area contributed by atoms with Gasteiger partial charge < -0.3 is 34.0 Å². The number of allylic oxidation sites excluding steroid dienone is 1. The molecular formula is C54H54FN5O14. The van der Waals surface area contributed by atoms with Crippen LogP contribution in [-0.2, 0) is 22.7 Å². The van der Waals surface area contributed by atoms with Crippen LogP contribution >= 0.6 is 0 Å². The maximum absolute atomic E-state index is 15.1. The van der Waals surface area contributed by atoms with E-state index in [0.717, 1.165) is 0 Å². The van der Waals surface area contributed by atoms with E-state index in [-0.39, 0.29) is 79.8 Å². The molecule has 20 heteroatoms. The number of ether oxygens (including phenoxy) is 4. The van der Waals surface area contributed by atoms with Crippen LogP contribution in [-0.4, -0.2) is 73.3 Å². The van der Waals surface area contributed by atoms with E-state index in [9.17, 15) is 44.9 Å². The Morgan fingerprint density at radius 3 is 2.09 bits per heavy atom. The Morgan fingerprint density at radius 1 is 0.797 bits per heavy atom. The molecule has 74 heavy (non-hydrogen) atoms. The molecule has 0 aromatic heterocycles. The second-order valence-corrected chi connectivity index (χ2v) is 18.2. The molecule has 1 amide bonds. The highest BCUT2D eigenvalue weighted by Crippen LogP contribution is 2.62. The number of halogens is 1. The number of non-ortho nitro benzene ring substituents is 3. The zero-order valence-corrected chi connectivity index (χ0v) is 40.1. The number of hydrogen-bond acceptors (Lipinski definition) is 15. The number of nitro benzene ring substituents is 3. The summed E-state index contributed by atoms with van der Waals surface area (Å²) in [5, 5.41) is 59.6. The summed E-state index contributed by atoms with van der Waals surface area (Å²) in [6.45, 7) is 3.51. The number of benzene rings is 5. The Labute approximate surface area is 424 Å². The predicted octanol–water partition coefficient (Wildman–Crippen LogP) is 10.9. The Morgan fingerprint density at radius 2 is 1.43 bits per heavy atom. The number of rotatable bonds is 23. The second kappa shape index (κ2) is 23.6. The molecule has 1 fully saturated rings. The van der Waals surface area contributed by atoms with Gasteiger partial charge in [0.05, 0.1) is 39.1 Å². The Bertz CT molecular complexity index is 2900. The van der Waals surface area contributed by atoms with Crippen LogP contribution in [0.1, 0.15) is 67.6 Å². The Kier molecular flexibility index (Phi) is 16.7. The van der Waals surface area contributed by atoms with Crippen molar-refractivity contribution < 1.29 is 58.0 Å². The van der Waals surface area contributed by atoms with Crippen LogP contribution < -0.4 is 14.2 Å². The summed E-state index contributed by atoms with van der Waals surface area (Å²) in [7, 11) is 0. The molecule has 1 heterocycles. The third kappa shape index (κ3) is 11.7. The topological polar surface area (TPSA) is 249 Å².